The van der Waals surface area contributed by atoms with Gasteiger partial charge in [0.15, 0.2) is 0 Å². The zero-order valence-corrected chi connectivity index (χ0v) is 37.0. The number of aromatic amines is 2. The number of hydrogen-bond acceptors (Lipinski definition) is 16. The van der Waals surface area contributed by atoms with Crippen molar-refractivity contribution >= 4 is 34.8 Å². The van der Waals surface area contributed by atoms with E-state index in [0.29, 0.717) is 125 Å². The molecule has 0 saturated carbocycles. The fraction of sp³-hybridized carbons (Fsp3) is 0.500. The van der Waals surface area contributed by atoms with Gasteiger partial charge in [-0.3, -0.25) is 19.2 Å². The number of nitrogens with one attached hydrogen (secondary N) is 4. The van der Waals surface area contributed by atoms with Gasteiger partial charge in [-0.05, 0) is 51.0 Å². The number of nitriles is 2. The highest BCUT2D eigenvalue weighted by atomic mass is 16.5. The monoisotopic (exact) mass is 878 g/mol. The topological polar surface area (TPSA) is 254 Å². The summed E-state index contributed by atoms with van der Waals surface area (Å²) in [6.07, 6.45) is 8.60. The van der Waals surface area contributed by atoms with E-state index in [1.165, 1.54) is 0 Å². The molecule has 4 aromatic rings. The number of rotatable bonds is 18. The number of carbonyl (C=O) groups is 2. The molecule has 2 aliphatic rings. The molecule has 4 N–H and O–H groups in total. The highest BCUT2D eigenvalue weighted by molar-refractivity contribution is 5.77. The molecule has 20 nitrogen and oxygen atoms in total. The molecule has 64 heavy (non-hydrogen) atoms. The van der Waals surface area contributed by atoms with E-state index < -0.39 is 0 Å². The lowest BCUT2D eigenvalue weighted by Gasteiger charge is -2.35. The van der Waals surface area contributed by atoms with Gasteiger partial charge >= 0.3 is 0 Å². The molecule has 6 rings (SSSR count). The average Bonchev–Trinajstić information content (AvgIpc) is 3.33. The van der Waals surface area contributed by atoms with Crippen LogP contribution in [-0.4, -0.2) is 143 Å². The van der Waals surface area contributed by atoms with Gasteiger partial charge in [0.2, 0.25) is 11.8 Å². The molecular weight excluding hydrogens is 821 g/mol. The van der Waals surface area contributed by atoms with Crippen molar-refractivity contribution in [2.75, 3.05) is 99.2 Å². The number of carbonyl (C=O) groups excluding carboxylic acids is 2. The second-order valence-electron chi connectivity index (χ2n) is 15.4. The van der Waals surface area contributed by atoms with Crippen molar-refractivity contribution in [3.8, 4) is 12.1 Å². The average molecular weight is 879 g/mol. The van der Waals surface area contributed by atoms with Gasteiger partial charge in [-0.15, -0.1) is 0 Å². The third-order valence-electron chi connectivity index (χ3n) is 11.1. The van der Waals surface area contributed by atoms with Crippen LogP contribution in [0.5, 0.6) is 0 Å². The van der Waals surface area contributed by atoms with Gasteiger partial charge in [0.25, 0.3) is 11.1 Å². The third-order valence-corrected chi connectivity index (χ3v) is 11.1. The largest absolute Gasteiger partial charge is 0.379 e. The summed E-state index contributed by atoms with van der Waals surface area (Å²) in [5, 5.41) is 36.8. The molecule has 2 aliphatic heterocycles. The van der Waals surface area contributed by atoms with Crippen LogP contribution in [0, 0.1) is 36.5 Å². The maximum Gasteiger partial charge on any atom is 0.269 e. The van der Waals surface area contributed by atoms with Crippen molar-refractivity contribution in [1.29, 1.82) is 10.5 Å². The Hall–Kier alpha value is -6.90. The second kappa shape index (κ2) is 24.7. The molecule has 0 spiro atoms. The number of aromatic nitrogens is 6. The van der Waals surface area contributed by atoms with Crippen molar-refractivity contribution in [1.82, 2.24) is 40.2 Å². The highest BCUT2D eigenvalue weighted by Gasteiger charge is 2.23. The lowest BCUT2D eigenvalue weighted by Crippen LogP contribution is -2.49. The Morgan fingerprint density at radius 3 is 1.38 bits per heavy atom. The fourth-order valence-electron chi connectivity index (χ4n) is 6.91. The summed E-state index contributed by atoms with van der Waals surface area (Å²) in [6.45, 7) is 14.5. The molecule has 2 atom stereocenters. The minimum atomic E-state index is -0.216. The molecule has 340 valence electrons. The molecule has 4 aromatic heterocycles. The number of H-pyrrole nitrogens is 2. The smallest absolute Gasteiger partial charge is 0.269 e. The van der Waals surface area contributed by atoms with E-state index in [4.69, 9.17) is 20.0 Å². The van der Waals surface area contributed by atoms with Crippen LogP contribution in [0.2, 0.25) is 0 Å². The van der Waals surface area contributed by atoms with E-state index in [1.54, 1.807) is 50.8 Å². The zero-order valence-electron chi connectivity index (χ0n) is 37.0. The summed E-state index contributed by atoms with van der Waals surface area (Å²) in [4.78, 5) is 65.0. The van der Waals surface area contributed by atoms with E-state index in [1.807, 2.05) is 35.8 Å². The molecule has 20 heteroatoms. The van der Waals surface area contributed by atoms with Gasteiger partial charge in [-0.1, -0.05) is 13.8 Å². The highest BCUT2D eigenvalue weighted by Crippen LogP contribution is 2.17. The van der Waals surface area contributed by atoms with E-state index in [0.717, 1.165) is 24.5 Å². The summed E-state index contributed by atoms with van der Waals surface area (Å²) in [7, 11) is 0. The summed E-state index contributed by atoms with van der Waals surface area (Å²) >= 11 is 0. The first-order chi connectivity index (χ1) is 31.0. The van der Waals surface area contributed by atoms with Crippen molar-refractivity contribution in [3.05, 3.63) is 92.0 Å². The van der Waals surface area contributed by atoms with Crippen LogP contribution in [0.3, 0.4) is 0 Å². The van der Waals surface area contributed by atoms with Gasteiger partial charge in [0.05, 0.1) is 74.2 Å². The Kier molecular flexibility index (Phi) is 18.6. The number of anilines is 4. The Bertz CT molecular complexity index is 2150. The third kappa shape index (κ3) is 14.1. The van der Waals surface area contributed by atoms with Gasteiger partial charge in [-0.2, -0.15) is 20.7 Å². The number of amides is 2. The lowest BCUT2D eigenvalue weighted by molar-refractivity contribution is -0.133. The Balaban J connectivity index is 0.000000241. The first-order valence-electron chi connectivity index (χ1n) is 21.6. The minimum Gasteiger partial charge on any atom is -0.379 e. The van der Waals surface area contributed by atoms with Gasteiger partial charge in [0, 0.05) is 88.0 Å². The number of pyridine rings is 2. The molecule has 0 aliphatic carbocycles. The van der Waals surface area contributed by atoms with Gasteiger partial charge < -0.3 is 39.7 Å². The fourth-order valence-corrected chi connectivity index (χ4v) is 6.91. The predicted molar refractivity (Wildman–Crippen MR) is 241 cm³/mol. The van der Waals surface area contributed by atoms with Crippen LogP contribution >= 0.6 is 0 Å². The Labute approximate surface area is 372 Å². The Morgan fingerprint density at radius 1 is 0.656 bits per heavy atom. The van der Waals surface area contributed by atoms with Crippen molar-refractivity contribution in [3.63, 3.8) is 0 Å². The lowest BCUT2D eigenvalue weighted by atomic mass is 10.2. The first-order valence-corrected chi connectivity index (χ1v) is 21.6. The molecule has 2 saturated heterocycles. The SMILES string of the molecule is CC[C@@H](COCCC(=O)N1CCN(c2ccc(C#N)cn2)CC1)Nc1cn[nH]c(=O)c1C.CC[C@H](COCCC(=O)N1CCN(c2ccc(C#N)cn2)CC1)Nc1cn[nH]c(=O)c1C. The Morgan fingerprint density at radius 2 is 1.05 bits per heavy atom. The van der Waals surface area contributed by atoms with Crippen LogP contribution in [0.4, 0.5) is 23.0 Å². The van der Waals surface area contributed by atoms with Crippen LogP contribution in [0.25, 0.3) is 0 Å². The van der Waals surface area contributed by atoms with Crippen LogP contribution in [0.15, 0.2) is 58.6 Å². The summed E-state index contributed by atoms with van der Waals surface area (Å²) in [5.41, 5.74) is 3.19. The van der Waals surface area contributed by atoms with E-state index in [9.17, 15) is 19.2 Å². The van der Waals surface area contributed by atoms with Gasteiger partial charge in [-0.25, -0.2) is 20.2 Å². The van der Waals surface area contributed by atoms with Gasteiger partial charge in [0.1, 0.15) is 23.8 Å². The molecular formula is C44H58N14O6. The zero-order chi connectivity index (χ0) is 45.8. The number of hydrogen-bond donors (Lipinski definition) is 4. The molecule has 2 amide bonds. The molecule has 2 fully saturated rings. The molecule has 0 unspecified atom stereocenters. The van der Waals surface area contributed by atoms with Crippen molar-refractivity contribution in [2.24, 2.45) is 0 Å². The van der Waals surface area contributed by atoms with E-state index in [-0.39, 0.29) is 35.0 Å². The standard InChI is InChI=1S/2C22H29N7O3/c2*1-3-18(26-19-14-25-27-22(31)16(19)2)15-32-11-6-21(30)29-9-7-28(8-10-29)20-5-4-17(12-23)13-24-20/h2*4-5,13-14,18H,3,6-11,15H2,1-2H3,(H2,26,27,31)/t2*18-/m10/s1. The van der Waals surface area contributed by atoms with Crippen LogP contribution in [0.1, 0.15) is 61.8 Å². The number of nitrogens with zero attached hydrogens (tertiary/aromatic N) is 10. The van der Waals surface area contributed by atoms with Crippen molar-refractivity contribution in [2.45, 2.75) is 65.5 Å². The van der Waals surface area contributed by atoms with Crippen molar-refractivity contribution < 1.29 is 19.1 Å². The van der Waals surface area contributed by atoms with Crippen LogP contribution < -0.4 is 31.6 Å². The molecule has 0 aromatic carbocycles. The van der Waals surface area contributed by atoms with Crippen LogP contribution in [-0.2, 0) is 19.1 Å². The maximum atomic E-state index is 12.5. The first kappa shape index (κ1) is 48.1. The maximum absolute atomic E-state index is 12.5. The molecule has 6 heterocycles. The molecule has 0 radical (unpaired) electrons. The van der Waals surface area contributed by atoms with E-state index >= 15 is 0 Å². The second-order valence-corrected chi connectivity index (χ2v) is 15.4. The number of ether oxygens (including phenoxy) is 2. The summed E-state index contributed by atoms with van der Waals surface area (Å²) < 4.78 is 11.5. The predicted octanol–water partition coefficient (Wildman–Crippen LogP) is 2.58. The normalized spacial score (nSPS) is 14.7. The number of piperazine rings is 2. The molecule has 0 bridgehead atoms. The minimum absolute atomic E-state index is 0.0240. The quantitative estimate of drug-likeness (QED) is 0.105. The summed E-state index contributed by atoms with van der Waals surface area (Å²) in [5.74, 6) is 1.80. The summed E-state index contributed by atoms with van der Waals surface area (Å²) in [6, 6.07) is 11.4. The van der Waals surface area contributed by atoms with E-state index in [2.05, 4.69) is 62.9 Å².